The van der Waals surface area contributed by atoms with Gasteiger partial charge in [-0.25, -0.2) is 4.21 Å². The number of carbonyl (C=O) groups is 2. The van der Waals surface area contributed by atoms with Crippen molar-refractivity contribution >= 4 is 28.8 Å². The number of likely N-dealkylation sites (tertiary alicyclic amines) is 3. The Balaban J connectivity index is 1.37. The Morgan fingerprint density at radius 1 is 1.34 bits per heavy atom. The van der Waals surface area contributed by atoms with Gasteiger partial charge in [0, 0.05) is 37.3 Å². The second-order valence-electron chi connectivity index (χ2n) is 8.97. The molecule has 1 aromatic rings. The van der Waals surface area contributed by atoms with Crippen molar-refractivity contribution in [3.8, 4) is 6.07 Å². The largest absolute Gasteiger partial charge is 0.330 e. The normalized spacial score (nSPS) is 27.9. The smallest absolute Gasteiger partial charge is 0.259 e. The minimum atomic E-state index is -2.12. The predicted molar refractivity (Wildman–Crippen MR) is 119 cm³/mol. The number of hydrogen-bond acceptors (Lipinski definition) is 5. The van der Waals surface area contributed by atoms with Gasteiger partial charge in [-0.05, 0) is 43.9 Å². The van der Waals surface area contributed by atoms with Crippen LogP contribution < -0.4 is 4.72 Å². The van der Waals surface area contributed by atoms with Gasteiger partial charge in [0.15, 0.2) is 0 Å². The molecule has 2 amide bonds. The van der Waals surface area contributed by atoms with E-state index >= 15 is 0 Å². The number of nitriles is 1. The van der Waals surface area contributed by atoms with Crippen molar-refractivity contribution in [3.05, 3.63) is 29.8 Å². The summed E-state index contributed by atoms with van der Waals surface area (Å²) < 4.78 is 22.3. The van der Waals surface area contributed by atoms with Crippen molar-refractivity contribution in [1.82, 2.24) is 14.7 Å². The van der Waals surface area contributed by atoms with Crippen LogP contribution in [-0.4, -0.2) is 73.0 Å². The molecule has 0 saturated carbocycles. The molecule has 1 aromatic carbocycles. The Kier molecular flexibility index (Phi) is 6.51. The molecular formula is C22H29N5O4S. The lowest BCUT2D eigenvalue weighted by Crippen LogP contribution is -2.53. The number of nitrogens with one attached hydrogen (secondary N) is 1. The zero-order chi connectivity index (χ0) is 23.0. The number of carbonyl (C=O) groups excluding carboxylic acids is 2. The first kappa shape index (κ1) is 22.7. The van der Waals surface area contributed by atoms with Crippen LogP contribution in [0.2, 0.25) is 0 Å². The molecule has 1 unspecified atom stereocenters. The van der Waals surface area contributed by atoms with E-state index < -0.39 is 11.3 Å². The van der Waals surface area contributed by atoms with Crippen LogP contribution in [-0.2, 0) is 20.9 Å². The standard InChI is InChI=1S/C22H29N5O4S/c1-14(21(28)26-9-3-4-18(26)11-23)12-25-13-19-10-20(25)22(29)27(19)15(2)16-5-7-17(8-6-16)24-32(30)31/h5-8,14-15,18-20,24H,3-4,9-10,12-13H2,1-2H3,(H,30,31)/t14-,15-,18-,19-,20-/m0/s1. The Labute approximate surface area is 190 Å². The Bertz CT molecular complexity index is 949. The monoisotopic (exact) mass is 459 g/mol. The average Bonchev–Trinajstić information content (AvgIpc) is 3.47. The van der Waals surface area contributed by atoms with Crippen molar-refractivity contribution in [2.45, 2.75) is 57.3 Å². The van der Waals surface area contributed by atoms with Gasteiger partial charge < -0.3 is 9.80 Å². The van der Waals surface area contributed by atoms with Gasteiger partial charge >= 0.3 is 0 Å². The van der Waals surface area contributed by atoms with Gasteiger partial charge in [-0.1, -0.05) is 19.1 Å². The lowest BCUT2D eigenvalue weighted by molar-refractivity contribution is -0.142. The average molecular weight is 460 g/mol. The van der Waals surface area contributed by atoms with Gasteiger partial charge in [-0.2, -0.15) is 5.26 Å². The van der Waals surface area contributed by atoms with Gasteiger partial charge in [0.1, 0.15) is 6.04 Å². The molecule has 4 rings (SSSR count). The number of hydrogen-bond donors (Lipinski definition) is 2. The molecule has 6 atom stereocenters. The number of benzene rings is 1. The number of amides is 2. The van der Waals surface area contributed by atoms with Gasteiger partial charge in [-0.15, -0.1) is 0 Å². The number of rotatable bonds is 7. The summed E-state index contributed by atoms with van der Waals surface area (Å²) >= 11 is -2.12. The van der Waals surface area contributed by atoms with Crippen LogP contribution in [0.15, 0.2) is 24.3 Å². The Hall–Kier alpha value is -2.48. The second kappa shape index (κ2) is 9.17. The number of piperazine rings is 1. The summed E-state index contributed by atoms with van der Waals surface area (Å²) in [4.78, 5) is 31.8. The zero-order valence-electron chi connectivity index (χ0n) is 18.3. The molecule has 0 spiro atoms. The van der Waals surface area contributed by atoms with Crippen molar-refractivity contribution in [2.75, 3.05) is 24.4 Å². The summed E-state index contributed by atoms with van der Waals surface area (Å²) in [5.41, 5.74) is 1.50. The van der Waals surface area contributed by atoms with E-state index in [2.05, 4.69) is 15.7 Å². The van der Waals surface area contributed by atoms with Crippen molar-refractivity contribution in [1.29, 1.82) is 5.26 Å². The molecule has 3 aliphatic rings. The molecule has 0 radical (unpaired) electrons. The number of nitrogens with zero attached hydrogens (tertiary/aromatic N) is 4. The minimum Gasteiger partial charge on any atom is -0.330 e. The maximum Gasteiger partial charge on any atom is 0.259 e. The third-order valence-corrected chi connectivity index (χ3v) is 7.35. The third-order valence-electron chi connectivity index (χ3n) is 6.94. The fourth-order valence-electron chi connectivity index (χ4n) is 5.37. The van der Waals surface area contributed by atoms with Crippen LogP contribution >= 0.6 is 0 Å². The summed E-state index contributed by atoms with van der Waals surface area (Å²) in [6.07, 6.45) is 2.37. The van der Waals surface area contributed by atoms with E-state index in [1.165, 1.54) is 0 Å². The van der Waals surface area contributed by atoms with E-state index in [9.17, 15) is 19.1 Å². The van der Waals surface area contributed by atoms with E-state index in [4.69, 9.17) is 4.55 Å². The highest BCUT2D eigenvalue weighted by molar-refractivity contribution is 7.80. The molecule has 32 heavy (non-hydrogen) atoms. The van der Waals surface area contributed by atoms with Crippen LogP contribution in [0.5, 0.6) is 0 Å². The lowest BCUT2D eigenvalue weighted by atomic mass is 10.0. The first-order chi connectivity index (χ1) is 15.3. The molecule has 2 N–H and O–H groups in total. The molecule has 3 heterocycles. The molecule has 3 fully saturated rings. The molecule has 0 aromatic heterocycles. The Morgan fingerprint density at radius 2 is 2.06 bits per heavy atom. The third kappa shape index (κ3) is 4.25. The minimum absolute atomic E-state index is 0.00649. The van der Waals surface area contributed by atoms with Gasteiger partial charge in [-0.3, -0.25) is 23.8 Å². The van der Waals surface area contributed by atoms with Crippen molar-refractivity contribution in [2.24, 2.45) is 5.92 Å². The predicted octanol–water partition coefficient (Wildman–Crippen LogP) is 1.73. The lowest BCUT2D eigenvalue weighted by Gasteiger charge is -2.38. The first-order valence-corrected chi connectivity index (χ1v) is 12.1. The number of anilines is 1. The van der Waals surface area contributed by atoms with Crippen molar-refractivity contribution in [3.63, 3.8) is 0 Å². The van der Waals surface area contributed by atoms with Crippen LogP contribution in [0, 0.1) is 17.2 Å². The highest BCUT2D eigenvalue weighted by Crippen LogP contribution is 2.38. The van der Waals surface area contributed by atoms with Gasteiger partial charge in [0.05, 0.1) is 18.2 Å². The van der Waals surface area contributed by atoms with E-state index in [0.717, 1.165) is 31.4 Å². The van der Waals surface area contributed by atoms with Gasteiger partial charge in [0.25, 0.3) is 11.3 Å². The molecule has 10 heteroatoms. The second-order valence-corrected chi connectivity index (χ2v) is 9.68. The molecular weight excluding hydrogens is 430 g/mol. The topological polar surface area (TPSA) is 117 Å². The Morgan fingerprint density at radius 3 is 2.69 bits per heavy atom. The van der Waals surface area contributed by atoms with Crippen LogP contribution in [0.3, 0.4) is 0 Å². The van der Waals surface area contributed by atoms with Gasteiger partial charge in [0.2, 0.25) is 11.8 Å². The fourth-order valence-corrected chi connectivity index (χ4v) is 5.71. The summed E-state index contributed by atoms with van der Waals surface area (Å²) in [6.45, 7) is 5.79. The first-order valence-electron chi connectivity index (χ1n) is 11.0. The number of fused-ring (bicyclic) bond motifs is 2. The fraction of sp³-hybridized carbons (Fsp3) is 0.591. The van der Waals surface area contributed by atoms with E-state index in [1.807, 2.05) is 30.9 Å². The highest BCUT2D eigenvalue weighted by atomic mass is 32.2. The molecule has 172 valence electrons. The summed E-state index contributed by atoms with van der Waals surface area (Å²) in [6, 6.07) is 8.87. The SMILES string of the molecule is C[C@@H](CN1C[C@@H]2C[C@H]1C(=O)N2[C@@H](C)c1ccc(NS(=O)O)cc1)C(=O)N1CCC[C@H]1C#N. The van der Waals surface area contributed by atoms with E-state index in [-0.39, 0.29) is 41.9 Å². The maximum absolute atomic E-state index is 13.2. The molecule has 0 aliphatic carbocycles. The molecule has 2 bridgehead atoms. The van der Waals surface area contributed by atoms with E-state index in [1.54, 1.807) is 17.0 Å². The molecule has 3 saturated heterocycles. The highest BCUT2D eigenvalue weighted by Gasteiger charge is 2.51. The van der Waals surface area contributed by atoms with E-state index in [0.29, 0.717) is 18.8 Å². The summed E-state index contributed by atoms with van der Waals surface area (Å²) in [5.74, 6) is -0.158. The maximum atomic E-state index is 13.2. The van der Waals surface area contributed by atoms with Crippen LogP contribution in [0.25, 0.3) is 0 Å². The summed E-state index contributed by atoms with van der Waals surface area (Å²) in [7, 11) is 0. The van der Waals surface area contributed by atoms with Crippen molar-refractivity contribution < 1.29 is 18.4 Å². The van der Waals surface area contributed by atoms with Crippen LogP contribution in [0.1, 0.15) is 44.7 Å². The zero-order valence-corrected chi connectivity index (χ0v) is 19.1. The molecule has 9 nitrogen and oxygen atoms in total. The molecule has 3 aliphatic heterocycles. The quantitative estimate of drug-likeness (QED) is 0.600. The van der Waals surface area contributed by atoms with Crippen LogP contribution in [0.4, 0.5) is 5.69 Å². The summed E-state index contributed by atoms with van der Waals surface area (Å²) in [5, 5.41) is 9.27.